The van der Waals surface area contributed by atoms with E-state index < -0.39 is 9.84 Å². The first-order chi connectivity index (χ1) is 14.8. The van der Waals surface area contributed by atoms with Crippen molar-refractivity contribution in [2.45, 2.75) is 11.4 Å². The van der Waals surface area contributed by atoms with Crippen LogP contribution in [0.5, 0.6) is 0 Å². The van der Waals surface area contributed by atoms with E-state index in [-0.39, 0.29) is 23.0 Å². The molecule has 0 saturated carbocycles. The van der Waals surface area contributed by atoms with Gasteiger partial charge in [-0.15, -0.1) is 0 Å². The van der Waals surface area contributed by atoms with Gasteiger partial charge >= 0.3 is 0 Å². The van der Waals surface area contributed by atoms with Gasteiger partial charge in [0.25, 0.3) is 5.91 Å². The van der Waals surface area contributed by atoms with Crippen LogP contribution in [0.25, 0.3) is 22.0 Å². The Morgan fingerprint density at radius 1 is 0.968 bits per heavy atom. The molecule has 4 rings (SSSR count). The second kappa shape index (κ2) is 8.45. The summed E-state index contributed by atoms with van der Waals surface area (Å²) in [5.74, 6) is -0.326. The molecule has 4 aromatic rings. The molecule has 6 nitrogen and oxygen atoms in total. The molecule has 0 aliphatic carbocycles. The molecule has 1 amide bonds. The Morgan fingerprint density at radius 3 is 2.35 bits per heavy atom. The third-order valence-corrected chi connectivity index (χ3v) is 6.17. The van der Waals surface area contributed by atoms with Gasteiger partial charge in [0.15, 0.2) is 9.84 Å². The zero-order valence-electron chi connectivity index (χ0n) is 16.5. The number of nitrogens with one attached hydrogen (secondary N) is 1. The van der Waals surface area contributed by atoms with Crippen molar-refractivity contribution in [2.75, 3.05) is 6.26 Å². The monoisotopic (exact) mass is 451 g/mol. The average molecular weight is 452 g/mol. The van der Waals surface area contributed by atoms with E-state index in [4.69, 9.17) is 11.6 Å². The van der Waals surface area contributed by atoms with Crippen molar-refractivity contribution in [3.63, 3.8) is 0 Å². The Morgan fingerprint density at radius 2 is 1.68 bits per heavy atom. The smallest absolute Gasteiger partial charge is 0.270 e. The van der Waals surface area contributed by atoms with Crippen LogP contribution in [0, 0.1) is 0 Å². The van der Waals surface area contributed by atoms with Gasteiger partial charge in [0.2, 0.25) is 0 Å². The van der Waals surface area contributed by atoms with Crippen molar-refractivity contribution in [1.29, 1.82) is 0 Å². The van der Waals surface area contributed by atoms with Crippen LogP contribution in [0.2, 0.25) is 5.02 Å². The van der Waals surface area contributed by atoms with Crippen molar-refractivity contribution < 1.29 is 13.2 Å². The molecule has 0 fully saturated rings. The van der Waals surface area contributed by atoms with Gasteiger partial charge < -0.3 is 5.32 Å². The number of amides is 1. The van der Waals surface area contributed by atoms with Gasteiger partial charge in [-0.05, 0) is 47.5 Å². The van der Waals surface area contributed by atoms with Gasteiger partial charge in [-0.25, -0.2) is 13.4 Å². The molecule has 1 N–H and O–H groups in total. The summed E-state index contributed by atoms with van der Waals surface area (Å²) in [6.45, 7) is 0.253. The zero-order chi connectivity index (χ0) is 22.0. The predicted octanol–water partition coefficient (Wildman–Crippen LogP) is 4.28. The zero-order valence-corrected chi connectivity index (χ0v) is 18.1. The first-order valence-electron chi connectivity index (χ1n) is 9.39. The second-order valence-corrected chi connectivity index (χ2v) is 9.51. The molecular formula is C23H18ClN3O3S. The Balaban J connectivity index is 1.57. The normalized spacial score (nSPS) is 11.4. The number of fused-ring (bicyclic) bond motifs is 1. The number of carbonyl (C=O) groups excluding carboxylic acids is 1. The van der Waals surface area contributed by atoms with Gasteiger partial charge in [0.05, 0.1) is 10.4 Å². The second-order valence-electron chi connectivity index (χ2n) is 7.06. The minimum Gasteiger partial charge on any atom is -0.347 e. The third kappa shape index (κ3) is 4.73. The molecule has 0 aliphatic rings. The van der Waals surface area contributed by atoms with Gasteiger partial charge in [0, 0.05) is 41.2 Å². The number of halogens is 1. The summed E-state index contributed by atoms with van der Waals surface area (Å²) >= 11 is 5.99. The lowest BCUT2D eigenvalue weighted by Gasteiger charge is -2.09. The number of hydrogen-bond donors (Lipinski definition) is 1. The Hall–Kier alpha value is -3.29. The van der Waals surface area contributed by atoms with Gasteiger partial charge in [-0.2, -0.15) is 0 Å². The van der Waals surface area contributed by atoms with E-state index in [2.05, 4.69) is 15.3 Å². The quantitative estimate of drug-likeness (QED) is 0.489. The summed E-state index contributed by atoms with van der Waals surface area (Å²) in [6.07, 6.45) is 4.57. The predicted molar refractivity (Wildman–Crippen MR) is 121 cm³/mol. The van der Waals surface area contributed by atoms with Crippen LogP contribution in [0.1, 0.15) is 16.1 Å². The van der Waals surface area contributed by atoms with Crippen LogP contribution in [0.4, 0.5) is 0 Å². The number of nitrogens with zero attached hydrogens (tertiary/aromatic N) is 2. The molecule has 2 aromatic carbocycles. The molecule has 2 heterocycles. The lowest BCUT2D eigenvalue weighted by Crippen LogP contribution is -2.23. The highest BCUT2D eigenvalue weighted by molar-refractivity contribution is 7.90. The summed E-state index contributed by atoms with van der Waals surface area (Å²) in [4.78, 5) is 21.8. The lowest BCUT2D eigenvalue weighted by atomic mass is 10.0. The highest BCUT2D eigenvalue weighted by atomic mass is 35.5. The fraction of sp³-hybridized carbons (Fsp3) is 0.0870. The molecule has 2 aromatic heterocycles. The lowest BCUT2D eigenvalue weighted by molar-refractivity contribution is 0.0946. The Kier molecular flexibility index (Phi) is 5.71. The molecule has 0 saturated heterocycles. The van der Waals surface area contributed by atoms with E-state index in [1.807, 2.05) is 18.2 Å². The van der Waals surface area contributed by atoms with E-state index in [1.165, 1.54) is 12.1 Å². The molecule has 0 spiro atoms. The molecule has 0 atom stereocenters. The average Bonchev–Trinajstić information content (AvgIpc) is 2.77. The largest absolute Gasteiger partial charge is 0.347 e. The van der Waals surface area contributed by atoms with E-state index >= 15 is 0 Å². The van der Waals surface area contributed by atoms with Gasteiger partial charge in [-0.3, -0.25) is 9.78 Å². The maximum absolute atomic E-state index is 12.7. The van der Waals surface area contributed by atoms with Crippen molar-refractivity contribution in [2.24, 2.45) is 0 Å². The van der Waals surface area contributed by atoms with Crippen LogP contribution in [0.3, 0.4) is 0 Å². The topological polar surface area (TPSA) is 89.0 Å². The minimum atomic E-state index is -3.25. The first-order valence-corrected chi connectivity index (χ1v) is 11.7. The summed E-state index contributed by atoms with van der Waals surface area (Å²) in [6, 6.07) is 17.2. The molecule has 0 aliphatic heterocycles. The Bertz CT molecular complexity index is 1370. The number of benzene rings is 2. The summed E-state index contributed by atoms with van der Waals surface area (Å²) in [5, 5.41) is 4.27. The molecule has 0 bridgehead atoms. The van der Waals surface area contributed by atoms with E-state index in [0.717, 1.165) is 28.3 Å². The van der Waals surface area contributed by atoms with Crippen LogP contribution in [-0.4, -0.2) is 30.5 Å². The maximum atomic E-state index is 12.7. The molecular weight excluding hydrogens is 434 g/mol. The molecule has 31 heavy (non-hydrogen) atoms. The van der Waals surface area contributed by atoms with Crippen LogP contribution >= 0.6 is 11.6 Å². The van der Waals surface area contributed by atoms with E-state index in [0.29, 0.717) is 10.5 Å². The number of pyridine rings is 2. The number of carbonyl (C=O) groups is 1. The first kappa shape index (κ1) is 21.0. The fourth-order valence-corrected chi connectivity index (χ4v) is 3.89. The molecule has 156 valence electrons. The molecule has 0 radical (unpaired) electrons. The Labute approximate surface area is 184 Å². The van der Waals surface area contributed by atoms with Crippen LogP contribution < -0.4 is 5.32 Å². The SMILES string of the molecule is CS(=O)(=O)c1ccc(CNC(=O)c2ccc3cncc(-c4ccc(Cl)cc4)c3n2)cc1. The highest BCUT2D eigenvalue weighted by Crippen LogP contribution is 2.27. The fourth-order valence-electron chi connectivity index (χ4n) is 3.14. The summed E-state index contributed by atoms with van der Waals surface area (Å²) in [5.41, 5.74) is 3.44. The standard InChI is InChI=1S/C23H18ClN3O3S/c1-31(29,30)19-9-2-15(3-10-19)12-26-23(28)21-11-6-17-13-25-14-20(22(17)27-21)16-4-7-18(24)8-5-16/h2-11,13-14H,12H2,1H3,(H,26,28). The van der Waals surface area contributed by atoms with Crippen molar-refractivity contribution in [3.05, 3.63) is 89.3 Å². The van der Waals surface area contributed by atoms with Gasteiger partial charge in [-0.1, -0.05) is 35.9 Å². The molecule has 0 unspecified atom stereocenters. The van der Waals surface area contributed by atoms with Crippen LogP contribution in [-0.2, 0) is 16.4 Å². The summed E-state index contributed by atoms with van der Waals surface area (Å²) < 4.78 is 23.1. The number of aromatic nitrogens is 2. The van der Waals surface area contributed by atoms with Crippen molar-refractivity contribution in [3.8, 4) is 11.1 Å². The number of rotatable bonds is 5. The van der Waals surface area contributed by atoms with E-state index in [9.17, 15) is 13.2 Å². The van der Waals surface area contributed by atoms with Gasteiger partial charge in [0.1, 0.15) is 5.69 Å². The minimum absolute atomic E-state index is 0.238. The highest BCUT2D eigenvalue weighted by Gasteiger charge is 2.12. The maximum Gasteiger partial charge on any atom is 0.270 e. The number of sulfone groups is 1. The van der Waals surface area contributed by atoms with Crippen LogP contribution in [0.15, 0.2) is 78.0 Å². The molecule has 8 heteroatoms. The van der Waals surface area contributed by atoms with Crippen molar-refractivity contribution in [1.82, 2.24) is 15.3 Å². The van der Waals surface area contributed by atoms with E-state index in [1.54, 1.807) is 42.7 Å². The number of hydrogen-bond acceptors (Lipinski definition) is 5. The van der Waals surface area contributed by atoms with Crippen molar-refractivity contribution >= 4 is 38.2 Å². The summed E-state index contributed by atoms with van der Waals surface area (Å²) in [7, 11) is -3.25. The third-order valence-electron chi connectivity index (χ3n) is 4.79.